The molecular weight excluding hydrogens is 524 g/mol. The van der Waals surface area contributed by atoms with E-state index < -0.39 is 0 Å². The van der Waals surface area contributed by atoms with Crippen molar-refractivity contribution in [2.24, 2.45) is 0 Å². The predicted octanol–water partition coefficient (Wildman–Crippen LogP) is 10.7. The number of aromatic nitrogens is 2. The molecule has 3 heteroatoms. The van der Waals surface area contributed by atoms with Gasteiger partial charge in [0.05, 0.1) is 11.4 Å². The summed E-state index contributed by atoms with van der Waals surface area (Å²) in [5.74, 6) is 0.701. The Hall–Kier alpha value is -5.80. The third-order valence-corrected chi connectivity index (χ3v) is 7.88. The molecule has 0 unspecified atom stereocenters. The molecule has 2 heterocycles. The molecule has 0 aliphatic heterocycles. The van der Waals surface area contributed by atoms with Crippen molar-refractivity contribution >= 4 is 21.9 Å². The van der Waals surface area contributed by atoms with Crippen LogP contribution >= 0.6 is 0 Å². The van der Waals surface area contributed by atoms with E-state index in [1.54, 1.807) is 0 Å². The molecule has 0 saturated carbocycles. The fourth-order valence-electron chi connectivity index (χ4n) is 5.71. The molecule has 0 fully saturated rings. The molecule has 0 amide bonds. The Morgan fingerprint density at radius 3 is 1.58 bits per heavy atom. The first-order valence-corrected chi connectivity index (χ1v) is 14.4. The van der Waals surface area contributed by atoms with Crippen molar-refractivity contribution in [2.45, 2.75) is 0 Å². The Bertz CT molecular complexity index is 2160. The summed E-state index contributed by atoms with van der Waals surface area (Å²) in [6.07, 6.45) is 0. The molecule has 0 N–H and O–H groups in total. The van der Waals surface area contributed by atoms with Gasteiger partial charge < -0.3 is 4.42 Å². The number of fused-ring (bicyclic) bond motifs is 3. The first-order valence-electron chi connectivity index (χ1n) is 14.4. The normalized spacial score (nSPS) is 11.3. The van der Waals surface area contributed by atoms with Crippen LogP contribution in [0.5, 0.6) is 0 Å². The van der Waals surface area contributed by atoms with Gasteiger partial charge in [0, 0.05) is 27.5 Å². The Balaban J connectivity index is 1.34. The molecule has 0 spiro atoms. The van der Waals surface area contributed by atoms with Gasteiger partial charge in [0.2, 0.25) is 0 Å². The van der Waals surface area contributed by atoms with Crippen LogP contribution in [0.15, 0.2) is 162 Å². The second kappa shape index (κ2) is 10.6. The Kier molecular flexibility index (Phi) is 6.12. The zero-order valence-corrected chi connectivity index (χ0v) is 23.3. The van der Waals surface area contributed by atoms with Gasteiger partial charge in [-0.3, -0.25) is 0 Å². The highest BCUT2D eigenvalue weighted by molar-refractivity contribution is 6.06. The summed E-state index contributed by atoms with van der Waals surface area (Å²) < 4.78 is 6.25. The van der Waals surface area contributed by atoms with Crippen LogP contribution in [-0.4, -0.2) is 9.97 Å². The van der Waals surface area contributed by atoms with Crippen LogP contribution < -0.4 is 0 Å². The fraction of sp³-hybridized carbons (Fsp3) is 0. The SMILES string of the molecule is c1ccc(-c2cc(-c3ccc4c(c3)oc3ccccc34)cc(-c3cc(-c4ccccc4)nc(-c4ccccc4)n3)c2)cc1. The molecule has 2 aromatic heterocycles. The van der Waals surface area contributed by atoms with E-state index in [-0.39, 0.29) is 0 Å². The first-order chi connectivity index (χ1) is 21.3. The number of rotatable bonds is 5. The minimum absolute atomic E-state index is 0.701. The minimum atomic E-state index is 0.701. The molecule has 202 valence electrons. The van der Waals surface area contributed by atoms with Gasteiger partial charge >= 0.3 is 0 Å². The quantitative estimate of drug-likeness (QED) is 0.214. The predicted molar refractivity (Wildman–Crippen MR) is 176 cm³/mol. The molecule has 43 heavy (non-hydrogen) atoms. The number of hydrogen-bond donors (Lipinski definition) is 0. The molecule has 0 bridgehead atoms. The lowest BCUT2D eigenvalue weighted by Gasteiger charge is -2.13. The molecule has 8 aromatic rings. The van der Waals surface area contributed by atoms with E-state index in [9.17, 15) is 0 Å². The number of nitrogens with zero attached hydrogens (tertiary/aromatic N) is 2. The smallest absolute Gasteiger partial charge is 0.160 e. The number of furan rings is 1. The summed E-state index contributed by atoms with van der Waals surface area (Å²) in [4.78, 5) is 10.1. The van der Waals surface area contributed by atoms with Gasteiger partial charge in [-0.1, -0.05) is 115 Å². The van der Waals surface area contributed by atoms with Crippen molar-refractivity contribution in [2.75, 3.05) is 0 Å². The molecule has 0 aliphatic carbocycles. The molecule has 0 radical (unpaired) electrons. The van der Waals surface area contributed by atoms with Crippen molar-refractivity contribution in [3.63, 3.8) is 0 Å². The van der Waals surface area contributed by atoms with Crippen LogP contribution in [0, 0.1) is 0 Å². The van der Waals surface area contributed by atoms with Gasteiger partial charge in [0.25, 0.3) is 0 Å². The molecule has 8 rings (SSSR count). The van der Waals surface area contributed by atoms with E-state index >= 15 is 0 Å². The lowest BCUT2D eigenvalue weighted by atomic mass is 9.94. The molecular formula is C40H26N2O. The maximum Gasteiger partial charge on any atom is 0.160 e. The molecule has 6 aromatic carbocycles. The van der Waals surface area contributed by atoms with Gasteiger partial charge in [0.15, 0.2) is 5.82 Å². The second-order valence-corrected chi connectivity index (χ2v) is 10.7. The van der Waals surface area contributed by atoms with Gasteiger partial charge in [-0.25, -0.2) is 9.97 Å². The van der Waals surface area contributed by atoms with Gasteiger partial charge in [-0.2, -0.15) is 0 Å². The molecule has 3 nitrogen and oxygen atoms in total. The first kappa shape index (κ1) is 25.0. The van der Waals surface area contributed by atoms with Crippen molar-refractivity contribution in [3.05, 3.63) is 158 Å². The van der Waals surface area contributed by atoms with Crippen LogP contribution in [-0.2, 0) is 0 Å². The summed E-state index contributed by atoms with van der Waals surface area (Å²) in [5.41, 5.74) is 11.1. The topological polar surface area (TPSA) is 38.9 Å². The standard InChI is InChI=1S/C40H26N2O/c1-4-12-27(13-5-1)31-22-32(30-20-21-35-34-18-10-11-19-38(34)43-39(35)25-30)24-33(23-31)37-26-36(28-14-6-2-7-15-28)41-40(42-37)29-16-8-3-9-17-29/h1-26H. The summed E-state index contributed by atoms with van der Waals surface area (Å²) in [6, 6.07) is 54.5. The maximum absolute atomic E-state index is 6.25. The highest BCUT2D eigenvalue weighted by Gasteiger charge is 2.14. The Morgan fingerprint density at radius 2 is 0.860 bits per heavy atom. The molecule has 0 saturated heterocycles. The lowest BCUT2D eigenvalue weighted by Crippen LogP contribution is -1.96. The lowest BCUT2D eigenvalue weighted by molar-refractivity contribution is 0.669. The summed E-state index contributed by atoms with van der Waals surface area (Å²) >= 11 is 0. The summed E-state index contributed by atoms with van der Waals surface area (Å²) in [7, 11) is 0. The van der Waals surface area contributed by atoms with Gasteiger partial charge in [0.1, 0.15) is 11.2 Å². The van der Waals surface area contributed by atoms with E-state index in [1.165, 1.54) is 0 Å². The monoisotopic (exact) mass is 550 g/mol. The van der Waals surface area contributed by atoms with E-state index in [4.69, 9.17) is 14.4 Å². The largest absolute Gasteiger partial charge is 0.456 e. The van der Waals surface area contributed by atoms with Crippen LogP contribution in [0.4, 0.5) is 0 Å². The number of benzene rings is 6. The van der Waals surface area contributed by atoms with E-state index in [2.05, 4.69) is 103 Å². The van der Waals surface area contributed by atoms with Crippen LogP contribution in [0.3, 0.4) is 0 Å². The number of hydrogen-bond acceptors (Lipinski definition) is 3. The fourth-order valence-corrected chi connectivity index (χ4v) is 5.71. The van der Waals surface area contributed by atoms with Crippen LogP contribution in [0.1, 0.15) is 0 Å². The Labute approximate surface area is 249 Å². The average molecular weight is 551 g/mol. The van der Waals surface area contributed by atoms with Gasteiger partial charge in [-0.15, -0.1) is 0 Å². The average Bonchev–Trinajstić information content (AvgIpc) is 3.47. The summed E-state index contributed by atoms with van der Waals surface area (Å²) in [5, 5.41) is 2.25. The van der Waals surface area contributed by atoms with Crippen molar-refractivity contribution < 1.29 is 4.42 Å². The summed E-state index contributed by atoms with van der Waals surface area (Å²) in [6.45, 7) is 0. The maximum atomic E-state index is 6.25. The molecule has 0 aliphatic rings. The van der Waals surface area contributed by atoms with E-state index in [0.717, 1.165) is 72.3 Å². The number of para-hydroxylation sites is 1. The highest BCUT2D eigenvalue weighted by Crippen LogP contribution is 2.37. The Morgan fingerprint density at radius 1 is 0.326 bits per heavy atom. The zero-order chi connectivity index (χ0) is 28.6. The van der Waals surface area contributed by atoms with Crippen molar-refractivity contribution in [3.8, 4) is 56.2 Å². The van der Waals surface area contributed by atoms with Crippen LogP contribution in [0.2, 0.25) is 0 Å². The third kappa shape index (κ3) is 4.77. The highest BCUT2D eigenvalue weighted by atomic mass is 16.3. The van der Waals surface area contributed by atoms with Gasteiger partial charge in [-0.05, 0) is 64.7 Å². The van der Waals surface area contributed by atoms with E-state index in [1.807, 2.05) is 54.6 Å². The molecule has 0 atom stereocenters. The minimum Gasteiger partial charge on any atom is -0.456 e. The van der Waals surface area contributed by atoms with Crippen LogP contribution in [0.25, 0.3) is 78.1 Å². The van der Waals surface area contributed by atoms with Crippen molar-refractivity contribution in [1.29, 1.82) is 0 Å². The van der Waals surface area contributed by atoms with E-state index in [0.29, 0.717) is 5.82 Å². The zero-order valence-electron chi connectivity index (χ0n) is 23.3. The third-order valence-electron chi connectivity index (χ3n) is 7.88. The van der Waals surface area contributed by atoms with Crippen molar-refractivity contribution in [1.82, 2.24) is 9.97 Å². The second-order valence-electron chi connectivity index (χ2n) is 10.7.